The van der Waals surface area contributed by atoms with E-state index in [0.29, 0.717) is 25.3 Å². The van der Waals surface area contributed by atoms with Gasteiger partial charge in [-0.25, -0.2) is 9.97 Å². The molecular weight excluding hydrogens is 208 g/mol. The summed E-state index contributed by atoms with van der Waals surface area (Å²) in [7, 11) is 0. The molecule has 1 aromatic rings. The second-order valence-electron chi connectivity index (χ2n) is 4.08. The Labute approximate surface area is 93.5 Å². The molecule has 16 heavy (non-hydrogen) atoms. The first-order valence-corrected chi connectivity index (χ1v) is 5.30. The number of carboxylic acids is 1. The number of ether oxygens (including phenoxy) is 1. The summed E-state index contributed by atoms with van der Waals surface area (Å²) < 4.78 is 5.28. The highest BCUT2D eigenvalue weighted by molar-refractivity contribution is 5.75. The van der Waals surface area contributed by atoms with Crippen molar-refractivity contribution in [3.8, 4) is 0 Å². The molecule has 1 unspecified atom stereocenters. The molecule has 0 amide bonds. The van der Waals surface area contributed by atoms with Crippen LogP contribution in [0.4, 0.5) is 0 Å². The Hall–Kier alpha value is -1.49. The van der Waals surface area contributed by atoms with Crippen LogP contribution in [0.3, 0.4) is 0 Å². The van der Waals surface area contributed by atoms with E-state index in [1.54, 1.807) is 18.5 Å². The summed E-state index contributed by atoms with van der Waals surface area (Å²) >= 11 is 0. The molecule has 0 aromatic carbocycles. The first-order valence-electron chi connectivity index (χ1n) is 5.30. The Morgan fingerprint density at radius 1 is 1.50 bits per heavy atom. The molecule has 0 bridgehead atoms. The molecule has 2 heterocycles. The van der Waals surface area contributed by atoms with Gasteiger partial charge in [0.05, 0.1) is 12.0 Å². The van der Waals surface area contributed by atoms with E-state index in [0.717, 1.165) is 6.42 Å². The maximum atomic E-state index is 11.3. The monoisotopic (exact) mass is 222 g/mol. The number of carboxylic acid groups (broad SMARTS) is 1. The highest BCUT2D eigenvalue weighted by Crippen LogP contribution is 2.31. The molecule has 5 nitrogen and oxygen atoms in total. The van der Waals surface area contributed by atoms with Gasteiger partial charge in [-0.05, 0) is 18.9 Å². The zero-order valence-electron chi connectivity index (χ0n) is 8.93. The van der Waals surface area contributed by atoms with E-state index >= 15 is 0 Å². The molecule has 1 fully saturated rings. The predicted octanol–water partition coefficient (Wildman–Crippen LogP) is 0.901. The topological polar surface area (TPSA) is 72.3 Å². The van der Waals surface area contributed by atoms with Crippen LogP contribution in [0.5, 0.6) is 0 Å². The van der Waals surface area contributed by atoms with Crippen LogP contribution in [0.1, 0.15) is 18.7 Å². The molecule has 5 heteroatoms. The summed E-state index contributed by atoms with van der Waals surface area (Å²) in [5, 5.41) is 9.31. The van der Waals surface area contributed by atoms with Crippen molar-refractivity contribution in [1.29, 1.82) is 0 Å². The maximum absolute atomic E-state index is 11.3. The molecule has 1 N–H and O–H groups in total. The Bertz CT molecular complexity index is 361. The number of hydrogen-bond acceptors (Lipinski definition) is 4. The second-order valence-corrected chi connectivity index (χ2v) is 4.08. The van der Waals surface area contributed by atoms with E-state index in [1.807, 2.05) is 0 Å². The molecule has 1 aliphatic heterocycles. The summed E-state index contributed by atoms with van der Waals surface area (Å²) in [5.41, 5.74) is -0.848. The highest BCUT2D eigenvalue weighted by Gasteiger charge is 2.41. The van der Waals surface area contributed by atoms with Gasteiger partial charge in [-0.3, -0.25) is 4.79 Å². The number of aromatic nitrogens is 2. The summed E-state index contributed by atoms with van der Waals surface area (Å²) in [4.78, 5) is 19.5. The SMILES string of the molecule is O=C(O)C1(Cc2ncccn2)CCCOC1. The normalized spacial score (nSPS) is 25.2. The number of hydrogen-bond donors (Lipinski definition) is 1. The number of rotatable bonds is 3. The lowest BCUT2D eigenvalue weighted by Gasteiger charge is -2.32. The van der Waals surface area contributed by atoms with Crippen LogP contribution < -0.4 is 0 Å². The third-order valence-corrected chi connectivity index (χ3v) is 2.89. The first-order chi connectivity index (χ1) is 7.73. The predicted molar refractivity (Wildman–Crippen MR) is 55.9 cm³/mol. The third-order valence-electron chi connectivity index (χ3n) is 2.89. The molecule has 0 saturated carbocycles. The summed E-state index contributed by atoms with van der Waals surface area (Å²) in [6.45, 7) is 0.894. The lowest BCUT2D eigenvalue weighted by atomic mass is 9.79. The number of carbonyl (C=O) groups is 1. The smallest absolute Gasteiger partial charge is 0.312 e. The minimum atomic E-state index is -0.848. The Balaban J connectivity index is 2.17. The van der Waals surface area contributed by atoms with Gasteiger partial charge in [0.1, 0.15) is 5.82 Å². The van der Waals surface area contributed by atoms with Gasteiger partial charge in [0.15, 0.2) is 0 Å². The lowest BCUT2D eigenvalue weighted by Crippen LogP contribution is -2.41. The minimum absolute atomic E-state index is 0.251. The zero-order chi connectivity index (χ0) is 11.4. The van der Waals surface area contributed by atoms with Crippen LogP contribution in [-0.2, 0) is 16.0 Å². The van der Waals surface area contributed by atoms with Crippen molar-refractivity contribution in [2.45, 2.75) is 19.3 Å². The quantitative estimate of drug-likeness (QED) is 0.822. The molecular formula is C11H14N2O3. The van der Waals surface area contributed by atoms with Gasteiger partial charge in [0.2, 0.25) is 0 Å². The fraction of sp³-hybridized carbons (Fsp3) is 0.545. The second kappa shape index (κ2) is 4.57. The van der Waals surface area contributed by atoms with Crippen molar-refractivity contribution in [2.75, 3.05) is 13.2 Å². The van der Waals surface area contributed by atoms with E-state index in [-0.39, 0.29) is 6.61 Å². The molecule has 86 valence electrons. The molecule has 0 spiro atoms. The van der Waals surface area contributed by atoms with Crippen LogP contribution in [0.15, 0.2) is 18.5 Å². The standard InChI is InChI=1S/C11H14N2O3/c14-10(15)11(3-1-6-16-8-11)7-9-12-4-2-5-13-9/h2,4-5H,1,3,6-8H2,(H,14,15). The zero-order valence-corrected chi connectivity index (χ0v) is 8.93. The lowest BCUT2D eigenvalue weighted by molar-refractivity contribution is -0.157. The average Bonchev–Trinajstić information content (AvgIpc) is 2.31. The molecule has 2 rings (SSSR count). The molecule has 1 saturated heterocycles. The number of aliphatic carboxylic acids is 1. The van der Waals surface area contributed by atoms with Crippen molar-refractivity contribution < 1.29 is 14.6 Å². The highest BCUT2D eigenvalue weighted by atomic mass is 16.5. The van der Waals surface area contributed by atoms with E-state index < -0.39 is 11.4 Å². The Morgan fingerprint density at radius 2 is 2.25 bits per heavy atom. The van der Waals surface area contributed by atoms with Gasteiger partial charge in [-0.15, -0.1) is 0 Å². The molecule has 1 aliphatic rings. The van der Waals surface area contributed by atoms with Crippen molar-refractivity contribution in [3.63, 3.8) is 0 Å². The van der Waals surface area contributed by atoms with Crippen molar-refractivity contribution in [1.82, 2.24) is 9.97 Å². The summed E-state index contributed by atoms with van der Waals surface area (Å²) in [6.07, 6.45) is 4.99. The van der Waals surface area contributed by atoms with E-state index in [9.17, 15) is 9.90 Å². The molecule has 0 aliphatic carbocycles. The van der Waals surface area contributed by atoms with Crippen LogP contribution in [0.25, 0.3) is 0 Å². The third kappa shape index (κ3) is 2.19. The van der Waals surface area contributed by atoms with Crippen LogP contribution in [0.2, 0.25) is 0 Å². The van der Waals surface area contributed by atoms with Gasteiger partial charge in [-0.1, -0.05) is 0 Å². The molecule has 0 radical (unpaired) electrons. The largest absolute Gasteiger partial charge is 0.481 e. The van der Waals surface area contributed by atoms with Crippen molar-refractivity contribution >= 4 is 5.97 Å². The fourth-order valence-corrected chi connectivity index (χ4v) is 1.96. The van der Waals surface area contributed by atoms with E-state index in [4.69, 9.17) is 4.74 Å². The summed E-state index contributed by atoms with van der Waals surface area (Å²) in [5.74, 6) is -0.255. The molecule has 1 atom stereocenters. The summed E-state index contributed by atoms with van der Waals surface area (Å²) in [6, 6.07) is 1.72. The van der Waals surface area contributed by atoms with Crippen LogP contribution in [0, 0.1) is 5.41 Å². The average molecular weight is 222 g/mol. The van der Waals surface area contributed by atoms with E-state index in [1.165, 1.54) is 0 Å². The number of nitrogens with zero attached hydrogens (tertiary/aromatic N) is 2. The van der Waals surface area contributed by atoms with Gasteiger partial charge < -0.3 is 9.84 Å². The van der Waals surface area contributed by atoms with Crippen molar-refractivity contribution in [2.24, 2.45) is 5.41 Å². The molecule has 1 aromatic heterocycles. The minimum Gasteiger partial charge on any atom is -0.481 e. The van der Waals surface area contributed by atoms with Crippen molar-refractivity contribution in [3.05, 3.63) is 24.3 Å². The first kappa shape index (κ1) is 11.0. The van der Waals surface area contributed by atoms with Crippen LogP contribution in [-0.4, -0.2) is 34.3 Å². The van der Waals surface area contributed by atoms with E-state index in [2.05, 4.69) is 9.97 Å². The Morgan fingerprint density at radius 3 is 2.81 bits per heavy atom. The fourth-order valence-electron chi connectivity index (χ4n) is 1.96. The van der Waals surface area contributed by atoms with Gasteiger partial charge in [0.25, 0.3) is 0 Å². The van der Waals surface area contributed by atoms with Gasteiger partial charge in [-0.2, -0.15) is 0 Å². The maximum Gasteiger partial charge on any atom is 0.312 e. The van der Waals surface area contributed by atoms with Crippen LogP contribution >= 0.6 is 0 Å². The van der Waals surface area contributed by atoms with Gasteiger partial charge in [0, 0.05) is 25.4 Å². The van der Waals surface area contributed by atoms with Gasteiger partial charge >= 0.3 is 5.97 Å². The Kier molecular flexibility index (Phi) is 3.14.